The Morgan fingerprint density at radius 2 is 1.65 bits per heavy atom. The summed E-state index contributed by atoms with van der Waals surface area (Å²) < 4.78 is 17.2. The molecule has 0 spiro atoms. The van der Waals surface area contributed by atoms with Crippen LogP contribution in [0.4, 0.5) is 4.79 Å². The molecule has 8 heteroatoms. The summed E-state index contributed by atoms with van der Waals surface area (Å²) in [6.07, 6.45) is -0.642. The Labute approximate surface area is 188 Å². The number of alkyl carbamates (subject to hydrolysis) is 1. The lowest BCUT2D eigenvalue weighted by atomic mass is 10.1. The van der Waals surface area contributed by atoms with Crippen molar-refractivity contribution in [1.29, 1.82) is 0 Å². The second-order valence-corrected chi connectivity index (χ2v) is 13.5. The molecule has 0 unspecified atom stereocenters. The third kappa shape index (κ3) is 9.84. The van der Waals surface area contributed by atoms with E-state index in [2.05, 4.69) is 26.1 Å². The van der Waals surface area contributed by atoms with Crippen molar-refractivity contribution in [3.63, 3.8) is 0 Å². The number of esters is 1. The van der Waals surface area contributed by atoms with E-state index in [1.165, 1.54) is 0 Å². The fourth-order valence-corrected chi connectivity index (χ4v) is 6.15. The van der Waals surface area contributed by atoms with Gasteiger partial charge in [-0.3, -0.25) is 4.79 Å². The Bertz CT molecular complexity index is 666. The summed E-state index contributed by atoms with van der Waals surface area (Å²) in [5.74, 6) is -0.502. The van der Waals surface area contributed by atoms with Gasteiger partial charge in [0.2, 0.25) is 0 Å². The smallest absolute Gasteiger partial charge is 0.407 e. The monoisotopic (exact) mass is 452 g/mol. The van der Waals surface area contributed by atoms with Crippen molar-refractivity contribution in [3.05, 3.63) is 35.9 Å². The van der Waals surface area contributed by atoms with Crippen LogP contribution in [0.15, 0.2) is 30.3 Å². The molecule has 7 nitrogen and oxygen atoms in total. The Balaban J connectivity index is 2.79. The van der Waals surface area contributed by atoms with Gasteiger partial charge in [-0.2, -0.15) is 0 Å². The van der Waals surface area contributed by atoms with E-state index in [0.717, 1.165) is 23.7 Å². The van der Waals surface area contributed by atoms with Gasteiger partial charge in [0, 0.05) is 6.54 Å². The van der Waals surface area contributed by atoms with Crippen molar-refractivity contribution in [3.8, 4) is 0 Å². The van der Waals surface area contributed by atoms with Crippen molar-refractivity contribution in [2.24, 2.45) is 5.73 Å². The number of carbonyl (C=O) groups is 2. The average Bonchev–Trinajstić information content (AvgIpc) is 2.73. The zero-order valence-corrected chi connectivity index (χ0v) is 20.9. The Hall–Kier alpha value is -1.90. The molecule has 0 fully saturated rings. The van der Waals surface area contributed by atoms with Crippen LogP contribution in [0.2, 0.25) is 18.1 Å². The van der Waals surface area contributed by atoms with Crippen LogP contribution in [-0.2, 0) is 25.3 Å². The summed E-state index contributed by atoms with van der Waals surface area (Å²) >= 11 is 0. The summed E-state index contributed by atoms with van der Waals surface area (Å²) in [5, 5.41) is 2.73. The Morgan fingerprint density at radius 3 is 2.16 bits per heavy atom. The van der Waals surface area contributed by atoms with E-state index in [-0.39, 0.29) is 6.61 Å². The van der Waals surface area contributed by atoms with Crippen molar-refractivity contribution in [1.82, 2.24) is 5.32 Å². The van der Waals surface area contributed by atoms with Gasteiger partial charge in [0.25, 0.3) is 0 Å². The van der Waals surface area contributed by atoms with Gasteiger partial charge in [-0.1, -0.05) is 51.1 Å². The van der Waals surface area contributed by atoms with E-state index in [0.29, 0.717) is 13.0 Å². The van der Waals surface area contributed by atoms with Gasteiger partial charge < -0.3 is 25.0 Å². The number of hydrogen-bond donors (Lipinski definition) is 2. The number of carbonyl (C=O) groups excluding carboxylic acids is 2. The number of rotatable bonds is 12. The molecule has 31 heavy (non-hydrogen) atoms. The average molecular weight is 453 g/mol. The van der Waals surface area contributed by atoms with Gasteiger partial charge in [-0.15, -0.1) is 0 Å². The fourth-order valence-electron chi connectivity index (χ4n) is 3.24. The zero-order chi connectivity index (χ0) is 23.5. The van der Waals surface area contributed by atoms with E-state index in [1.54, 1.807) is 20.8 Å². The molecule has 0 saturated heterocycles. The Morgan fingerprint density at radius 1 is 1.06 bits per heavy atom. The number of amides is 1. The van der Waals surface area contributed by atoms with Gasteiger partial charge in [0.1, 0.15) is 18.2 Å². The molecule has 0 aliphatic heterocycles. The highest BCUT2D eigenvalue weighted by Crippen LogP contribution is 2.25. The number of ether oxygens (including phenoxy) is 2. The van der Waals surface area contributed by atoms with E-state index >= 15 is 0 Å². The molecule has 1 aromatic rings. The zero-order valence-electron chi connectivity index (χ0n) is 19.9. The van der Waals surface area contributed by atoms with Crippen molar-refractivity contribution < 1.29 is 23.5 Å². The lowest BCUT2D eigenvalue weighted by Gasteiger charge is -2.35. The molecular formula is C23H40N2O5Si. The molecule has 1 rings (SSSR count). The summed E-state index contributed by atoms with van der Waals surface area (Å²) in [7, 11) is -2.02. The fraction of sp³-hybridized carbons (Fsp3) is 0.652. The van der Waals surface area contributed by atoms with Crippen LogP contribution < -0.4 is 11.1 Å². The predicted molar refractivity (Wildman–Crippen MR) is 125 cm³/mol. The van der Waals surface area contributed by atoms with Crippen LogP contribution in [0.1, 0.15) is 53.5 Å². The third-order valence-electron chi connectivity index (χ3n) is 5.33. The molecule has 0 radical (unpaired) electrons. The van der Waals surface area contributed by atoms with Gasteiger partial charge in [-0.25, -0.2) is 4.79 Å². The number of benzene rings is 1. The standard InChI is InChI=1S/C23H40N2O5Si/c1-7-31(8-2,9-3)30-19(15-16-25-22(27)29-23(4,5)6)20(24)21(26)28-17-18-13-11-10-12-14-18/h10-14,19-20H,7-9,15-17,24H2,1-6H3,(H,25,27)/t19-,20-/m0/s1. The molecule has 0 aromatic heterocycles. The first kappa shape index (κ1) is 27.1. The molecule has 2 atom stereocenters. The highest BCUT2D eigenvalue weighted by atomic mass is 28.4. The summed E-state index contributed by atoms with van der Waals surface area (Å²) in [5.41, 5.74) is 6.61. The third-order valence-corrected chi connectivity index (χ3v) is 10.00. The van der Waals surface area contributed by atoms with E-state index in [4.69, 9.17) is 19.6 Å². The summed E-state index contributed by atoms with van der Waals surface area (Å²) in [4.78, 5) is 24.6. The van der Waals surface area contributed by atoms with Gasteiger partial charge in [0.15, 0.2) is 8.32 Å². The van der Waals surface area contributed by atoms with Crippen molar-refractivity contribution in [2.75, 3.05) is 6.54 Å². The number of hydrogen-bond acceptors (Lipinski definition) is 6. The first-order chi connectivity index (χ1) is 14.6. The minimum Gasteiger partial charge on any atom is -0.460 e. The number of nitrogens with two attached hydrogens (primary N) is 1. The molecule has 176 valence electrons. The van der Waals surface area contributed by atoms with E-state index in [9.17, 15) is 9.59 Å². The van der Waals surface area contributed by atoms with Gasteiger partial charge >= 0.3 is 12.1 Å². The topological polar surface area (TPSA) is 99.9 Å². The maximum atomic E-state index is 12.7. The quantitative estimate of drug-likeness (QED) is 0.361. The van der Waals surface area contributed by atoms with Crippen molar-refractivity contribution in [2.45, 2.75) is 90.4 Å². The predicted octanol–water partition coefficient (Wildman–Crippen LogP) is 4.36. The van der Waals surface area contributed by atoms with E-state index < -0.39 is 38.1 Å². The second-order valence-electron chi connectivity index (χ2n) is 8.74. The minimum absolute atomic E-state index is 0.161. The highest BCUT2D eigenvalue weighted by molar-refractivity contribution is 6.73. The summed E-state index contributed by atoms with van der Waals surface area (Å²) in [6, 6.07) is 11.3. The molecule has 0 bridgehead atoms. The van der Waals surface area contributed by atoms with Crippen LogP contribution in [-0.4, -0.2) is 44.7 Å². The van der Waals surface area contributed by atoms with Crippen LogP contribution in [0, 0.1) is 0 Å². The first-order valence-corrected chi connectivity index (χ1v) is 13.7. The SMILES string of the molecule is CC[Si](CC)(CC)O[C@@H](CCNC(=O)OC(C)(C)C)[C@H](N)C(=O)OCc1ccccc1. The van der Waals surface area contributed by atoms with Gasteiger partial charge in [-0.05, 0) is 50.9 Å². The lowest BCUT2D eigenvalue weighted by molar-refractivity contribution is -0.149. The maximum absolute atomic E-state index is 12.7. The molecule has 1 aromatic carbocycles. The normalized spacial score (nSPS) is 13.9. The largest absolute Gasteiger partial charge is 0.460 e. The maximum Gasteiger partial charge on any atom is 0.407 e. The molecule has 0 saturated carbocycles. The molecule has 0 aliphatic carbocycles. The van der Waals surface area contributed by atoms with E-state index in [1.807, 2.05) is 30.3 Å². The number of nitrogens with one attached hydrogen (secondary N) is 1. The Kier molecular flexibility index (Phi) is 11.2. The minimum atomic E-state index is -2.02. The van der Waals surface area contributed by atoms with Crippen LogP contribution in [0.25, 0.3) is 0 Å². The van der Waals surface area contributed by atoms with Crippen molar-refractivity contribution >= 4 is 20.4 Å². The lowest BCUT2D eigenvalue weighted by Crippen LogP contribution is -2.51. The molecular weight excluding hydrogens is 412 g/mol. The highest BCUT2D eigenvalue weighted by Gasteiger charge is 2.36. The van der Waals surface area contributed by atoms with Gasteiger partial charge in [0.05, 0.1) is 6.10 Å². The second kappa shape index (κ2) is 12.8. The van der Waals surface area contributed by atoms with Crippen LogP contribution >= 0.6 is 0 Å². The summed E-state index contributed by atoms with van der Waals surface area (Å²) in [6.45, 7) is 12.2. The van der Waals surface area contributed by atoms with Crippen LogP contribution in [0.3, 0.4) is 0 Å². The molecule has 0 aliphatic rings. The first-order valence-electron chi connectivity index (χ1n) is 11.2. The molecule has 3 N–H and O–H groups in total. The molecule has 0 heterocycles. The molecule has 1 amide bonds. The van der Waals surface area contributed by atoms with Crippen LogP contribution in [0.5, 0.6) is 0 Å².